The molecule has 2 aromatic heterocycles. The van der Waals surface area contributed by atoms with Gasteiger partial charge < -0.3 is 20.7 Å². The number of fused-ring (bicyclic) bond motifs is 1. The zero-order valence-electron chi connectivity index (χ0n) is 26.3. The molecule has 0 spiro atoms. The van der Waals surface area contributed by atoms with Gasteiger partial charge in [-0.1, -0.05) is 18.2 Å². The van der Waals surface area contributed by atoms with Gasteiger partial charge in [-0.15, -0.1) is 11.3 Å². The predicted molar refractivity (Wildman–Crippen MR) is 182 cm³/mol. The summed E-state index contributed by atoms with van der Waals surface area (Å²) in [6.07, 6.45) is 0.444. The third-order valence-corrected chi connectivity index (χ3v) is 10.1. The number of hydrogen-bond donors (Lipinski definition) is 4. The molecule has 1 unspecified atom stereocenters. The molecule has 1 amide bonds. The highest BCUT2D eigenvalue weighted by Gasteiger charge is 2.37. The largest absolute Gasteiger partial charge is 0.416 e. The number of benzene rings is 2. The van der Waals surface area contributed by atoms with Crippen molar-refractivity contribution in [2.45, 2.75) is 57.0 Å². The first-order valence-corrected chi connectivity index (χ1v) is 16.7. The lowest BCUT2D eigenvalue weighted by molar-refractivity contribution is -0.774. The fourth-order valence-corrected chi connectivity index (χ4v) is 6.99. The normalized spacial score (nSPS) is 17.9. The number of nitrogens with one attached hydrogen (secondary N) is 3. The zero-order chi connectivity index (χ0) is 33.5. The first-order valence-electron chi connectivity index (χ1n) is 15.4. The first kappa shape index (κ1) is 33.2. The fourth-order valence-electron chi connectivity index (χ4n) is 5.85. The Morgan fingerprint density at radius 2 is 1.96 bits per heavy atom. The number of quaternary nitrogens is 1. The molecule has 47 heavy (non-hydrogen) atoms. The van der Waals surface area contributed by atoms with Crippen LogP contribution >= 0.6 is 24.2 Å². The van der Waals surface area contributed by atoms with Gasteiger partial charge in [-0.05, 0) is 54.7 Å². The predicted octanol–water partition coefficient (Wildman–Crippen LogP) is 6.69. The van der Waals surface area contributed by atoms with Gasteiger partial charge in [0.05, 0.1) is 54.8 Å². The van der Waals surface area contributed by atoms with Crippen LogP contribution in [0, 0.1) is 6.92 Å². The molecular weight excluding hydrogens is 648 g/mol. The molecule has 2 fully saturated rings. The van der Waals surface area contributed by atoms with Crippen molar-refractivity contribution in [1.29, 1.82) is 0 Å². The minimum absolute atomic E-state index is 0.156. The summed E-state index contributed by atoms with van der Waals surface area (Å²) in [6.45, 7) is 3.32. The van der Waals surface area contributed by atoms with E-state index in [0.717, 1.165) is 35.6 Å². The summed E-state index contributed by atoms with van der Waals surface area (Å²) in [7, 11) is 3.93. The molecule has 248 valence electrons. The number of likely N-dealkylation sites (tertiary alicyclic amines) is 1. The molecule has 4 aromatic rings. The first-order chi connectivity index (χ1) is 22.3. The number of anilines is 3. The third kappa shape index (κ3) is 7.56. The molecule has 2 atom stereocenters. The van der Waals surface area contributed by atoms with E-state index >= 15 is 0 Å². The Morgan fingerprint density at radius 3 is 2.64 bits per heavy atom. The standard InChI is InChI=1S/C33H36F3N7O2S2/c1-19-4-7-23(13-27(19)41-32(45)25-17-47-30-29(25)37-18-38-31(30)40-22-8-9-22)39-28(16-44)20-5-6-21(26(12-20)33(34,35)36)14-42-11-10-24(15-42)43(2,3)46/h4-7,12-13,16-18,22,24,28,39,46H,8-11,14-15H2,1-3H3,(H-,37,38,40,41,45)/p+1/t24-,28?/m0/s1. The summed E-state index contributed by atoms with van der Waals surface area (Å²) >= 11 is 6.00. The number of amides is 1. The molecule has 1 saturated heterocycles. The van der Waals surface area contributed by atoms with Crippen molar-refractivity contribution in [3.8, 4) is 0 Å². The molecule has 3 N–H and O–H groups in total. The van der Waals surface area contributed by atoms with Crippen LogP contribution in [0.25, 0.3) is 10.2 Å². The smallest absolute Gasteiger partial charge is 0.372 e. The van der Waals surface area contributed by atoms with Crippen LogP contribution < -0.4 is 16.0 Å². The summed E-state index contributed by atoms with van der Waals surface area (Å²) < 4.78 is 44.1. The highest BCUT2D eigenvalue weighted by Crippen LogP contribution is 2.37. The monoisotopic (exact) mass is 684 g/mol. The maximum absolute atomic E-state index is 14.3. The number of aromatic nitrogens is 2. The number of halogens is 3. The van der Waals surface area contributed by atoms with Crippen LogP contribution in [0.5, 0.6) is 0 Å². The number of aryl methyl sites for hydroxylation is 1. The van der Waals surface area contributed by atoms with E-state index in [1.807, 2.05) is 25.9 Å². The number of hydrogen-bond acceptors (Lipinski definition) is 9. The number of alkyl halides is 3. The molecular formula is C33H37F3N7O2S2+. The Hall–Kier alpha value is -3.72. The summed E-state index contributed by atoms with van der Waals surface area (Å²) in [5.74, 6) is 0.359. The van der Waals surface area contributed by atoms with Crippen LogP contribution in [0.1, 0.15) is 57.9 Å². The average Bonchev–Trinajstić information content (AvgIpc) is 3.50. The Kier molecular flexibility index (Phi) is 9.22. The number of aldehydes is 1. The molecule has 1 aliphatic heterocycles. The topological polar surface area (TPSA) is 99.2 Å². The average molecular weight is 685 g/mol. The summed E-state index contributed by atoms with van der Waals surface area (Å²) in [5.41, 5.74) is 2.28. The Labute approximate surface area is 280 Å². The van der Waals surface area contributed by atoms with Crippen LogP contribution in [0.2, 0.25) is 0 Å². The summed E-state index contributed by atoms with van der Waals surface area (Å²) in [4.78, 5) is 36.3. The molecule has 1 saturated carbocycles. The van der Waals surface area contributed by atoms with Gasteiger partial charge in [-0.3, -0.25) is 13.6 Å². The maximum Gasteiger partial charge on any atom is 0.416 e. The van der Waals surface area contributed by atoms with Crippen LogP contribution in [-0.2, 0) is 17.5 Å². The number of nitrogens with zero attached hydrogens (tertiary/aromatic N) is 4. The van der Waals surface area contributed by atoms with Gasteiger partial charge in [0.2, 0.25) is 0 Å². The van der Waals surface area contributed by atoms with Gasteiger partial charge in [0, 0.05) is 42.3 Å². The van der Waals surface area contributed by atoms with Crippen molar-refractivity contribution in [2.24, 2.45) is 0 Å². The number of thiophene rings is 1. The summed E-state index contributed by atoms with van der Waals surface area (Å²) in [5, 5.41) is 11.1. The number of likely N-dealkylation sites (N-methyl/N-ethyl adjacent to an activating group) is 1. The quantitative estimate of drug-likeness (QED) is 0.0794. The van der Waals surface area contributed by atoms with Gasteiger partial charge in [-0.25, -0.2) is 9.97 Å². The molecule has 0 bridgehead atoms. The van der Waals surface area contributed by atoms with Crippen molar-refractivity contribution in [3.63, 3.8) is 0 Å². The van der Waals surface area contributed by atoms with Gasteiger partial charge in [0.25, 0.3) is 5.91 Å². The van der Waals surface area contributed by atoms with E-state index in [0.29, 0.717) is 57.6 Å². The van der Waals surface area contributed by atoms with E-state index in [4.69, 9.17) is 0 Å². The van der Waals surface area contributed by atoms with Gasteiger partial charge >= 0.3 is 6.18 Å². The number of thiol groups is 1. The van der Waals surface area contributed by atoms with Crippen molar-refractivity contribution >= 4 is 63.8 Å². The summed E-state index contributed by atoms with van der Waals surface area (Å²) in [6, 6.07) is 8.80. The highest BCUT2D eigenvalue weighted by molar-refractivity contribution is 7.74. The fraction of sp³-hybridized carbons (Fsp3) is 0.394. The van der Waals surface area contributed by atoms with E-state index in [-0.39, 0.29) is 29.6 Å². The van der Waals surface area contributed by atoms with E-state index in [1.54, 1.807) is 29.6 Å². The lowest BCUT2D eigenvalue weighted by Gasteiger charge is -2.29. The van der Waals surface area contributed by atoms with Crippen LogP contribution in [0.3, 0.4) is 0 Å². The van der Waals surface area contributed by atoms with E-state index in [2.05, 4.69) is 38.7 Å². The Balaban J connectivity index is 1.19. The minimum atomic E-state index is -4.59. The molecule has 3 heterocycles. The van der Waals surface area contributed by atoms with Crippen LogP contribution in [0.15, 0.2) is 48.1 Å². The molecule has 2 aliphatic rings. The van der Waals surface area contributed by atoms with Crippen molar-refractivity contribution in [1.82, 2.24) is 14.9 Å². The number of carbonyl (C=O) groups is 2. The molecule has 1 aliphatic carbocycles. The molecule has 0 radical (unpaired) electrons. The lowest BCUT2D eigenvalue weighted by atomic mass is 9.98. The SMILES string of the molecule is Cc1ccc(NC(C=O)c2ccc(CN3CC[C@H]([N+](C)(C)S)C3)c(C(F)(F)F)c2)cc1NC(=O)c1csc2c(NC3CC3)ncnc12. The molecule has 14 heteroatoms. The third-order valence-electron chi connectivity index (χ3n) is 8.79. The van der Waals surface area contributed by atoms with Gasteiger partial charge in [-0.2, -0.15) is 13.2 Å². The zero-order valence-corrected chi connectivity index (χ0v) is 28.0. The Morgan fingerprint density at radius 1 is 1.17 bits per heavy atom. The molecule has 6 rings (SSSR count). The molecule has 2 aromatic carbocycles. The van der Waals surface area contributed by atoms with Crippen molar-refractivity contribution in [3.05, 3.63) is 75.9 Å². The van der Waals surface area contributed by atoms with Crippen LogP contribution in [0.4, 0.5) is 30.4 Å². The van der Waals surface area contributed by atoms with E-state index < -0.39 is 17.8 Å². The molecule has 9 nitrogen and oxygen atoms in total. The van der Waals surface area contributed by atoms with Gasteiger partial charge in [0.15, 0.2) is 0 Å². The second-order valence-electron chi connectivity index (χ2n) is 12.8. The van der Waals surface area contributed by atoms with Crippen molar-refractivity contribution < 1.29 is 26.6 Å². The minimum Gasteiger partial charge on any atom is -0.372 e. The highest BCUT2D eigenvalue weighted by atomic mass is 32.1. The van der Waals surface area contributed by atoms with Crippen molar-refractivity contribution in [2.75, 3.05) is 43.1 Å². The van der Waals surface area contributed by atoms with E-state index in [1.165, 1.54) is 23.7 Å². The van der Waals surface area contributed by atoms with E-state index in [9.17, 15) is 22.8 Å². The second-order valence-corrected chi connectivity index (χ2v) is 14.7. The maximum atomic E-state index is 14.3. The lowest BCUT2D eigenvalue weighted by Crippen LogP contribution is -2.42. The van der Waals surface area contributed by atoms with Gasteiger partial charge in [0.1, 0.15) is 30.5 Å². The Bertz CT molecular complexity index is 1800. The van der Waals surface area contributed by atoms with Crippen LogP contribution in [-0.4, -0.2) is 70.2 Å². The number of carbonyl (C=O) groups excluding carboxylic acids is 2. The second kappa shape index (κ2) is 13.1. The number of rotatable bonds is 11.